The summed E-state index contributed by atoms with van der Waals surface area (Å²) in [5.41, 5.74) is 1.76. The van der Waals surface area contributed by atoms with E-state index in [1.165, 1.54) is 25.1 Å². The molecule has 1 amide bonds. The molecule has 0 radical (unpaired) electrons. The summed E-state index contributed by atoms with van der Waals surface area (Å²) >= 11 is 5.96. The molecule has 2 aromatic rings. The number of anilines is 2. The zero-order valence-corrected chi connectivity index (χ0v) is 16.0. The molecule has 0 fully saturated rings. The average Bonchev–Trinajstić information content (AvgIpc) is 2.62. The first-order valence-electron chi connectivity index (χ1n) is 8.33. The number of nitrogens with one attached hydrogen (secondary N) is 1. The van der Waals surface area contributed by atoms with Gasteiger partial charge in [-0.25, -0.2) is 0 Å². The van der Waals surface area contributed by atoms with Crippen molar-refractivity contribution in [2.75, 3.05) is 23.3 Å². The summed E-state index contributed by atoms with van der Waals surface area (Å²) in [7, 11) is 0. The van der Waals surface area contributed by atoms with Crippen LogP contribution in [0.4, 0.5) is 17.1 Å². The van der Waals surface area contributed by atoms with Gasteiger partial charge in [-0.15, -0.1) is 0 Å². The van der Waals surface area contributed by atoms with E-state index >= 15 is 0 Å². The average molecular weight is 390 g/mol. The van der Waals surface area contributed by atoms with Gasteiger partial charge in [0.05, 0.1) is 11.5 Å². The Morgan fingerprint density at radius 2 is 1.93 bits per heavy atom. The summed E-state index contributed by atoms with van der Waals surface area (Å²) in [5, 5.41) is 14.7. The Balaban J connectivity index is 2.26. The number of Topliss-reactive ketones (excluding diaryl/α,β-unsaturated/α-hetero) is 1. The number of halogens is 1. The standard InChI is InChI=1S/C19H20ClN3O4/c1-4-22(11-19(25)21-16-10-15(20)7-5-12(16)2)17-8-6-14(13(3)24)9-18(17)23(26)27/h5-10H,4,11H2,1-3H3,(H,21,25). The van der Waals surface area contributed by atoms with Crippen LogP contribution in [0.1, 0.15) is 29.8 Å². The van der Waals surface area contributed by atoms with Crippen LogP contribution in [0, 0.1) is 17.0 Å². The van der Waals surface area contributed by atoms with Crippen molar-refractivity contribution >= 4 is 40.4 Å². The molecule has 0 bridgehead atoms. The van der Waals surface area contributed by atoms with Gasteiger partial charge in [-0.3, -0.25) is 19.7 Å². The SMILES string of the molecule is CCN(CC(=O)Nc1cc(Cl)ccc1C)c1ccc(C(C)=O)cc1[N+](=O)[O-]. The van der Waals surface area contributed by atoms with E-state index in [9.17, 15) is 19.7 Å². The molecule has 1 N–H and O–H groups in total. The molecule has 7 nitrogen and oxygen atoms in total. The van der Waals surface area contributed by atoms with E-state index in [1.54, 1.807) is 30.0 Å². The van der Waals surface area contributed by atoms with Crippen molar-refractivity contribution in [2.45, 2.75) is 20.8 Å². The molecule has 27 heavy (non-hydrogen) atoms. The Kier molecular flexibility index (Phi) is 6.52. The number of hydrogen-bond acceptors (Lipinski definition) is 5. The van der Waals surface area contributed by atoms with Gasteiger partial charge >= 0.3 is 0 Å². The zero-order chi connectivity index (χ0) is 20.1. The van der Waals surface area contributed by atoms with Gasteiger partial charge in [0, 0.05) is 28.9 Å². The van der Waals surface area contributed by atoms with Crippen LogP contribution >= 0.6 is 11.6 Å². The predicted octanol–water partition coefficient (Wildman–Crippen LogP) is 4.22. The van der Waals surface area contributed by atoms with Gasteiger partial charge in [-0.2, -0.15) is 0 Å². The predicted molar refractivity (Wildman–Crippen MR) is 106 cm³/mol. The molecule has 8 heteroatoms. The normalized spacial score (nSPS) is 10.4. The van der Waals surface area contributed by atoms with E-state index in [1.807, 2.05) is 6.92 Å². The number of carbonyl (C=O) groups is 2. The Morgan fingerprint density at radius 1 is 1.22 bits per heavy atom. The Morgan fingerprint density at radius 3 is 2.52 bits per heavy atom. The number of aryl methyl sites for hydroxylation is 1. The third-order valence-corrected chi connectivity index (χ3v) is 4.34. The second-order valence-electron chi connectivity index (χ2n) is 6.04. The van der Waals surface area contributed by atoms with Crippen LogP contribution in [0.2, 0.25) is 5.02 Å². The summed E-state index contributed by atoms with van der Waals surface area (Å²) in [6, 6.07) is 9.42. The molecular formula is C19H20ClN3O4. The van der Waals surface area contributed by atoms with Gasteiger partial charge in [0.2, 0.25) is 5.91 Å². The van der Waals surface area contributed by atoms with Crippen LogP contribution < -0.4 is 10.2 Å². The fourth-order valence-electron chi connectivity index (χ4n) is 2.62. The molecule has 0 saturated heterocycles. The summed E-state index contributed by atoms with van der Waals surface area (Å²) in [5.74, 6) is -0.589. The highest BCUT2D eigenvalue weighted by Gasteiger charge is 2.22. The molecule has 0 heterocycles. The monoisotopic (exact) mass is 389 g/mol. The number of nitro groups is 1. The molecule has 0 spiro atoms. The Hall–Kier alpha value is -2.93. The van der Waals surface area contributed by atoms with Gasteiger partial charge in [-0.05, 0) is 50.6 Å². The summed E-state index contributed by atoms with van der Waals surface area (Å²) in [4.78, 5) is 36.4. The van der Waals surface area contributed by atoms with E-state index in [0.29, 0.717) is 17.3 Å². The Labute approximate surface area is 162 Å². The molecule has 2 aromatic carbocycles. The fraction of sp³-hybridized carbons (Fsp3) is 0.263. The lowest BCUT2D eigenvalue weighted by atomic mass is 10.1. The molecule has 142 valence electrons. The third-order valence-electron chi connectivity index (χ3n) is 4.11. The highest BCUT2D eigenvalue weighted by atomic mass is 35.5. The lowest BCUT2D eigenvalue weighted by molar-refractivity contribution is -0.384. The van der Waals surface area contributed by atoms with Crippen molar-refractivity contribution in [2.24, 2.45) is 0 Å². The summed E-state index contributed by atoms with van der Waals surface area (Å²) in [6.07, 6.45) is 0. The molecule has 0 aliphatic carbocycles. The van der Waals surface area contributed by atoms with E-state index in [-0.39, 0.29) is 35.2 Å². The van der Waals surface area contributed by atoms with Crippen molar-refractivity contribution in [1.82, 2.24) is 0 Å². The minimum absolute atomic E-state index is 0.0806. The van der Waals surface area contributed by atoms with Crippen molar-refractivity contribution in [3.05, 3.63) is 62.7 Å². The van der Waals surface area contributed by atoms with Crippen molar-refractivity contribution < 1.29 is 14.5 Å². The van der Waals surface area contributed by atoms with Crippen molar-refractivity contribution in [1.29, 1.82) is 0 Å². The number of nitro benzene ring substituents is 1. The highest BCUT2D eigenvalue weighted by Crippen LogP contribution is 2.29. The quantitative estimate of drug-likeness (QED) is 0.434. The summed E-state index contributed by atoms with van der Waals surface area (Å²) in [6.45, 7) is 5.28. The smallest absolute Gasteiger partial charge is 0.293 e. The van der Waals surface area contributed by atoms with Crippen LogP contribution in [0.5, 0.6) is 0 Å². The maximum atomic E-state index is 12.5. The fourth-order valence-corrected chi connectivity index (χ4v) is 2.79. The minimum Gasteiger partial charge on any atom is -0.357 e. The maximum absolute atomic E-state index is 12.5. The number of carbonyl (C=O) groups excluding carboxylic acids is 2. The van der Waals surface area contributed by atoms with Crippen LogP contribution in [0.25, 0.3) is 0 Å². The molecule has 0 aromatic heterocycles. The lowest BCUT2D eigenvalue weighted by Gasteiger charge is -2.22. The first-order valence-corrected chi connectivity index (χ1v) is 8.71. The van der Waals surface area contributed by atoms with Crippen molar-refractivity contribution in [3.8, 4) is 0 Å². The van der Waals surface area contributed by atoms with Gasteiger partial charge in [0.25, 0.3) is 5.69 Å². The van der Waals surface area contributed by atoms with Gasteiger partial charge in [0.1, 0.15) is 5.69 Å². The van der Waals surface area contributed by atoms with Gasteiger partial charge in [-0.1, -0.05) is 17.7 Å². The molecule has 0 aliphatic rings. The Bertz CT molecular complexity index is 899. The van der Waals surface area contributed by atoms with E-state index < -0.39 is 4.92 Å². The van der Waals surface area contributed by atoms with E-state index in [4.69, 9.17) is 11.6 Å². The first kappa shape index (κ1) is 20.4. The summed E-state index contributed by atoms with van der Waals surface area (Å²) < 4.78 is 0. The van der Waals surface area contributed by atoms with Gasteiger partial charge in [0.15, 0.2) is 5.78 Å². The molecule has 0 atom stereocenters. The second kappa shape index (κ2) is 8.64. The highest BCUT2D eigenvalue weighted by molar-refractivity contribution is 6.31. The van der Waals surface area contributed by atoms with Crippen LogP contribution in [-0.4, -0.2) is 29.7 Å². The molecule has 0 aliphatic heterocycles. The van der Waals surface area contributed by atoms with Crippen LogP contribution in [-0.2, 0) is 4.79 Å². The second-order valence-corrected chi connectivity index (χ2v) is 6.47. The third kappa shape index (κ3) is 5.04. The van der Waals surface area contributed by atoms with Crippen LogP contribution in [0.15, 0.2) is 36.4 Å². The number of nitrogens with zero attached hydrogens (tertiary/aromatic N) is 2. The molecule has 0 saturated carbocycles. The topological polar surface area (TPSA) is 92.6 Å². The number of hydrogen-bond donors (Lipinski definition) is 1. The minimum atomic E-state index is -0.552. The van der Waals surface area contributed by atoms with Crippen molar-refractivity contribution in [3.63, 3.8) is 0 Å². The van der Waals surface area contributed by atoms with Crippen LogP contribution in [0.3, 0.4) is 0 Å². The largest absolute Gasteiger partial charge is 0.357 e. The van der Waals surface area contributed by atoms with E-state index in [0.717, 1.165) is 5.56 Å². The zero-order valence-electron chi connectivity index (χ0n) is 15.3. The van der Waals surface area contributed by atoms with Gasteiger partial charge < -0.3 is 10.2 Å². The maximum Gasteiger partial charge on any atom is 0.293 e. The number of likely N-dealkylation sites (N-methyl/N-ethyl adjacent to an activating group) is 1. The first-order chi connectivity index (χ1) is 12.7. The lowest BCUT2D eigenvalue weighted by Crippen LogP contribution is -2.33. The number of rotatable bonds is 7. The van der Waals surface area contributed by atoms with E-state index in [2.05, 4.69) is 5.32 Å². The molecule has 0 unspecified atom stereocenters. The molecular weight excluding hydrogens is 370 g/mol. The molecule has 2 rings (SSSR count). The number of amides is 1. The number of benzene rings is 2. The number of ketones is 1.